The number of hydrogen-bond donors (Lipinski definition) is 3. The third-order valence-corrected chi connectivity index (χ3v) is 12.3. The first-order valence-electron chi connectivity index (χ1n) is 17.6. The van der Waals surface area contributed by atoms with Crippen molar-refractivity contribution < 1.29 is 18.4 Å². The normalized spacial score (nSPS) is 26.4. The highest BCUT2D eigenvalue weighted by molar-refractivity contribution is 5.85. The van der Waals surface area contributed by atoms with Gasteiger partial charge in [-0.05, 0) is 86.1 Å². The molecule has 2 bridgehead atoms. The Morgan fingerprint density at radius 2 is 1.61 bits per heavy atom. The summed E-state index contributed by atoms with van der Waals surface area (Å²) in [6, 6.07) is 10.4. The van der Waals surface area contributed by atoms with Gasteiger partial charge < -0.3 is 20.2 Å². The van der Waals surface area contributed by atoms with Crippen LogP contribution in [0.25, 0.3) is 33.6 Å². The number of piperidine rings is 1. The van der Waals surface area contributed by atoms with Gasteiger partial charge in [0.05, 0.1) is 35.9 Å². The summed E-state index contributed by atoms with van der Waals surface area (Å²) in [7, 11) is 2.16. The van der Waals surface area contributed by atoms with Gasteiger partial charge in [0.15, 0.2) is 0 Å². The van der Waals surface area contributed by atoms with Gasteiger partial charge in [-0.1, -0.05) is 38.1 Å². The summed E-state index contributed by atoms with van der Waals surface area (Å²) in [5.41, 5.74) is 3.78. The maximum absolute atomic E-state index is 16.3. The van der Waals surface area contributed by atoms with Crippen molar-refractivity contribution in [3.8, 4) is 33.6 Å². The van der Waals surface area contributed by atoms with Gasteiger partial charge >= 0.3 is 0 Å². The fourth-order valence-corrected chi connectivity index (χ4v) is 9.34. The molecule has 2 saturated carbocycles. The molecule has 0 radical (unpaired) electrons. The number of benzene rings is 2. The second kappa shape index (κ2) is 10.8. The van der Waals surface area contributed by atoms with Crippen LogP contribution in [-0.4, -0.2) is 67.7 Å². The van der Waals surface area contributed by atoms with Crippen molar-refractivity contribution in [3.05, 3.63) is 71.6 Å². The number of imidazole rings is 2. The molecule has 2 aliphatic heterocycles. The summed E-state index contributed by atoms with van der Waals surface area (Å²) >= 11 is 0. The lowest BCUT2D eigenvalue weighted by Gasteiger charge is -2.30. The second-order valence-corrected chi connectivity index (χ2v) is 15.5. The third-order valence-electron chi connectivity index (χ3n) is 12.3. The van der Waals surface area contributed by atoms with E-state index in [1.165, 1.54) is 19.3 Å². The summed E-state index contributed by atoms with van der Waals surface area (Å²) in [6.07, 6.45) is 10.6. The third kappa shape index (κ3) is 4.71. The van der Waals surface area contributed by atoms with E-state index in [-0.39, 0.29) is 40.5 Å². The van der Waals surface area contributed by atoms with Crippen molar-refractivity contribution in [1.82, 2.24) is 35.1 Å². The van der Waals surface area contributed by atoms with Crippen LogP contribution in [0.2, 0.25) is 0 Å². The minimum Gasteiger partial charge on any atom is -0.347 e. The lowest BCUT2D eigenvalue weighted by molar-refractivity contribution is -0.137. The molecule has 9 rings (SSSR count). The first kappa shape index (κ1) is 30.7. The van der Waals surface area contributed by atoms with Gasteiger partial charge in [-0.3, -0.25) is 14.5 Å². The van der Waals surface area contributed by atoms with E-state index < -0.39 is 12.0 Å². The second-order valence-electron chi connectivity index (χ2n) is 15.5. The molecule has 4 aromatic rings. The van der Waals surface area contributed by atoms with E-state index >= 15 is 8.78 Å². The fraction of sp³-hybridized carbons (Fsp3) is 0.474. The average molecular weight is 666 g/mol. The lowest BCUT2D eigenvalue weighted by Crippen LogP contribution is -2.49. The molecule has 3 aliphatic carbocycles. The maximum atomic E-state index is 16.3. The van der Waals surface area contributed by atoms with E-state index in [2.05, 4.69) is 32.2 Å². The summed E-state index contributed by atoms with van der Waals surface area (Å²) in [6.45, 7) is 4.45. The fourth-order valence-electron chi connectivity index (χ4n) is 9.34. The van der Waals surface area contributed by atoms with Crippen LogP contribution < -0.4 is 5.32 Å². The first-order valence-corrected chi connectivity index (χ1v) is 17.6. The van der Waals surface area contributed by atoms with E-state index in [4.69, 9.17) is 4.98 Å². The monoisotopic (exact) mass is 665 g/mol. The van der Waals surface area contributed by atoms with Crippen LogP contribution in [0.1, 0.15) is 87.2 Å². The molecule has 4 heterocycles. The summed E-state index contributed by atoms with van der Waals surface area (Å²) < 4.78 is 32.6. The Kier molecular flexibility index (Phi) is 6.76. The van der Waals surface area contributed by atoms with Crippen molar-refractivity contribution in [3.63, 3.8) is 0 Å². The van der Waals surface area contributed by atoms with Crippen molar-refractivity contribution in [2.24, 2.45) is 17.3 Å². The van der Waals surface area contributed by atoms with Crippen LogP contribution in [0.5, 0.6) is 0 Å². The number of H-pyrrole nitrogens is 2. The molecule has 3 N–H and O–H groups in total. The summed E-state index contributed by atoms with van der Waals surface area (Å²) in [4.78, 5) is 45.4. The molecule has 1 spiro atoms. The van der Waals surface area contributed by atoms with Gasteiger partial charge in [0.1, 0.15) is 17.7 Å². The Bertz CT molecular complexity index is 1980. The summed E-state index contributed by atoms with van der Waals surface area (Å²) in [5.74, 6) is -1.23. The molecule has 5 aliphatic rings. The Morgan fingerprint density at radius 3 is 2.18 bits per heavy atom. The first-order chi connectivity index (χ1) is 23.6. The molecule has 5 atom stereocenters. The molecule has 2 saturated heterocycles. The zero-order valence-corrected chi connectivity index (χ0v) is 28.0. The number of rotatable bonds is 8. The molecule has 11 heteroatoms. The highest BCUT2D eigenvalue weighted by Crippen LogP contribution is 2.59. The topological polar surface area (TPSA) is 110 Å². The molecular weight excluding hydrogens is 624 g/mol. The smallest absolute Gasteiger partial charge is 0.299 e. The molecule has 4 fully saturated rings. The van der Waals surface area contributed by atoms with E-state index in [1.54, 1.807) is 36.7 Å². The number of carbonyl (C=O) groups is 2. The van der Waals surface area contributed by atoms with Gasteiger partial charge in [0.2, 0.25) is 12.3 Å². The van der Waals surface area contributed by atoms with Crippen LogP contribution in [-0.2, 0) is 15.5 Å². The number of hydrogen-bond acceptors (Lipinski definition) is 5. The molecule has 2 aromatic carbocycles. The predicted octanol–water partition coefficient (Wildman–Crippen LogP) is 6.57. The van der Waals surface area contributed by atoms with Crippen LogP contribution in [0.3, 0.4) is 0 Å². The highest BCUT2D eigenvalue weighted by Gasteiger charge is 2.55. The van der Waals surface area contributed by atoms with Gasteiger partial charge in [-0.2, -0.15) is 8.78 Å². The largest absolute Gasteiger partial charge is 0.347 e. The number of halogens is 2. The van der Waals surface area contributed by atoms with Crippen LogP contribution in [0, 0.1) is 17.3 Å². The van der Waals surface area contributed by atoms with Crippen molar-refractivity contribution in [2.75, 3.05) is 13.6 Å². The Morgan fingerprint density at radius 1 is 0.980 bits per heavy atom. The molecule has 9 nitrogen and oxygen atoms in total. The molecule has 2 aromatic heterocycles. The van der Waals surface area contributed by atoms with Gasteiger partial charge in [0.25, 0.3) is 5.92 Å². The Balaban J connectivity index is 0.984. The number of amides is 2. The lowest BCUT2D eigenvalue weighted by atomic mass is 9.98. The molecule has 3 unspecified atom stereocenters. The SMILES string of the molecule is CC(C)C(NC=O)C(=O)N1CC2(CC2)C[C@H]1c1ncc(-c2ccc3c(c2)C(F)(F)c2cc(-c4cnc([C@@H]5C6CCC(C6)N5C)[nH]4)ccc2-3)[nH]1. The predicted molar refractivity (Wildman–Crippen MR) is 180 cm³/mol. The van der Waals surface area contributed by atoms with Gasteiger partial charge in [-0.25, -0.2) is 9.97 Å². The zero-order valence-electron chi connectivity index (χ0n) is 28.0. The number of aromatic nitrogens is 4. The number of likely N-dealkylation sites (tertiary alicyclic amines) is 2. The van der Waals surface area contributed by atoms with Gasteiger partial charge in [0, 0.05) is 34.8 Å². The van der Waals surface area contributed by atoms with E-state index in [1.807, 2.05) is 30.9 Å². The van der Waals surface area contributed by atoms with E-state index in [9.17, 15) is 9.59 Å². The van der Waals surface area contributed by atoms with Crippen LogP contribution >= 0.6 is 0 Å². The Hall–Kier alpha value is -4.38. The van der Waals surface area contributed by atoms with Crippen LogP contribution in [0.15, 0.2) is 48.8 Å². The van der Waals surface area contributed by atoms with Crippen LogP contribution in [0.4, 0.5) is 8.78 Å². The van der Waals surface area contributed by atoms with E-state index in [0.717, 1.165) is 30.8 Å². The number of nitrogens with one attached hydrogen (secondary N) is 3. The van der Waals surface area contributed by atoms with Gasteiger partial charge in [-0.15, -0.1) is 0 Å². The van der Waals surface area contributed by atoms with Crippen molar-refractivity contribution in [2.45, 2.75) is 82.5 Å². The maximum Gasteiger partial charge on any atom is 0.299 e. The zero-order chi connectivity index (χ0) is 33.8. The number of alkyl halides is 2. The molecule has 49 heavy (non-hydrogen) atoms. The number of aromatic amines is 2. The standard InChI is InChI=1S/C38H41F2N7O2/c1-20(2)32(43-19-48)36(49)47-18-37(10-11-37)15-31(47)34-41-16-29(44-34)21-5-8-25-26-9-6-22(14-28(26)38(39,40)27(25)13-21)30-17-42-35(45-30)33-23-4-7-24(12-23)46(33)3/h5-6,8-9,13-14,16-17,19-20,23-24,31-33H,4,7,10-12,15,18H2,1-3H3,(H,41,44)(H,42,45)(H,43,48)/t23?,24?,31-,32?,33-/m0/s1. The quantitative estimate of drug-likeness (QED) is 0.185. The molecule has 254 valence electrons. The molecular formula is C38H41F2N7O2. The van der Waals surface area contributed by atoms with Crippen molar-refractivity contribution in [1.29, 1.82) is 0 Å². The van der Waals surface area contributed by atoms with E-state index in [0.29, 0.717) is 58.7 Å². The minimum absolute atomic E-state index is 0.00544. The number of nitrogens with zero attached hydrogens (tertiary/aromatic N) is 4. The highest BCUT2D eigenvalue weighted by atomic mass is 19.3. The molecule has 2 amide bonds. The number of fused-ring (bicyclic) bond motifs is 5. The summed E-state index contributed by atoms with van der Waals surface area (Å²) in [5, 5.41) is 2.70. The number of carbonyl (C=O) groups excluding carboxylic acids is 2. The van der Waals surface area contributed by atoms with Crippen molar-refractivity contribution >= 4 is 12.3 Å². The minimum atomic E-state index is -3.18. The Labute approximate surface area is 283 Å². The average Bonchev–Trinajstić information content (AvgIpc) is 3.74.